The zero-order chi connectivity index (χ0) is 15.9. The summed E-state index contributed by atoms with van der Waals surface area (Å²) in [6, 6.07) is 6.13. The molecule has 0 aliphatic heterocycles. The fraction of sp³-hybridized carbons (Fsp3) is 0.312. The molecule has 0 fully saturated rings. The van der Waals surface area contributed by atoms with Crippen molar-refractivity contribution in [1.29, 1.82) is 0 Å². The molecule has 6 nitrogen and oxygen atoms in total. The zero-order valence-corrected chi connectivity index (χ0v) is 13.3. The Labute approximate surface area is 129 Å². The van der Waals surface area contributed by atoms with Gasteiger partial charge in [0.25, 0.3) is 0 Å². The Balaban J connectivity index is 1.93. The summed E-state index contributed by atoms with van der Waals surface area (Å²) in [5.74, 6) is 2.04. The smallest absolute Gasteiger partial charge is 0.222 e. The van der Waals surface area contributed by atoms with Gasteiger partial charge in [0.15, 0.2) is 0 Å². The topological polar surface area (TPSA) is 83.7 Å². The first kappa shape index (κ1) is 14.3. The van der Waals surface area contributed by atoms with Crippen LogP contribution in [0.3, 0.4) is 0 Å². The van der Waals surface area contributed by atoms with E-state index < -0.39 is 0 Å². The van der Waals surface area contributed by atoms with Crippen LogP contribution < -0.4 is 10.6 Å². The SMILES string of the molecule is Cc1nc(N)nc(N(C)Cc2nc3c(C)cccc3[nH]2)c1C. The molecule has 0 unspecified atom stereocenters. The number of aromatic amines is 1. The summed E-state index contributed by atoms with van der Waals surface area (Å²) in [5, 5.41) is 0. The Kier molecular flexibility index (Phi) is 3.44. The lowest BCUT2D eigenvalue weighted by Crippen LogP contribution is -2.21. The lowest BCUT2D eigenvalue weighted by Gasteiger charge is -2.20. The van der Waals surface area contributed by atoms with E-state index in [2.05, 4.69) is 32.9 Å². The predicted molar refractivity (Wildman–Crippen MR) is 88.9 cm³/mol. The van der Waals surface area contributed by atoms with Gasteiger partial charge in [-0.15, -0.1) is 0 Å². The van der Waals surface area contributed by atoms with E-state index in [9.17, 15) is 0 Å². The number of nitrogens with two attached hydrogens (primary N) is 1. The second-order valence-electron chi connectivity index (χ2n) is 5.63. The number of benzene rings is 1. The first-order chi connectivity index (χ1) is 10.5. The number of nitrogens with zero attached hydrogens (tertiary/aromatic N) is 4. The molecule has 0 bridgehead atoms. The monoisotopic (exact) mass is 296 g/mol. The van der Waals surface area contributed by atoms with Gasteiger partial charge in [0.1, 0.15) is 11.6 Å². The predicted octanol–water partition coefficient (Wildman–Crippen LogP) is 2.50. The van der Waals surface area contributed by atoms with Gasteiger partial charge in [-0.3, -0.25) is 0 Å². The van der Waals surface area contributed by atoms with E-state index in [1.807, 2.05) is 37.9 Å². The van der Waals surface area contributed by atoms with Crippen LogP contribution in [0.4, 0.5) is 11.8 Å². The van der Waals surface area contributed by atoms with Crippen molar-refractivity contribution in [2.75, 3.05) is 17.7 Å². The van der Waals surface area contributed by atoms with Gasteiger partial charge in [0.05, 0.1) is 17.6 Å². The van der Waals surface area contributed by atoms with Crippen molar-refractivity contribution in [3.05, 3.63) is 40.8 Å². The van der Waals surface area contributed by atoms with Crippen molar-refractivity contribution in [2.24, 2.45) is 0 Å². The van der Waals surface area contributed by atoms with Crippen LogP contribution >= 0.6 is 0 Å². The Hall–Kier alpha value is -2.63. The minimum absolute atomic E-state index is 0.297. The molecule has 3 rings (SSSR count). The molecule has 2 aromatic heterocycles. The number of rotatable bonds is 3. The van der Waals surface area contributed by atoms with E-state index >= 15 is 0 Å². The maximum absolute atomic E-state index is 5.77. The maximum Gasteiger partial charge on any atom is 0.222 e. The number of imidazole rings is 1. The molecule has 0 spiro atoms. The number of anilines is 2. The summed E-state index contributed by atoms with van der Waals surface area (Å²) in [4.78, 5) is 18.6. The van der Waals surface area contributed by atoms with Crippen molar-refractivity contribution in [1.82, 2.24) is 19.9 Å². The molecule has 114 valence electrons. The summed E-state index contributed by atoms with van der Waals surface area (Å²) >= 11 is 0. The number of nitrogen functional groups attached to an aromatic ring is 1. The number of para-hydroxylation sites is 1. The summed E-state index contributed by atoms with van der Waals surface area (Å²) in [6.45, 7) is 6.64. The Bertz CT molecular complexity index is 836. The number of aromatic nitrogens is 4. The van der Waals surface area contributed by atoms with Crippen LogP contribution in [-0.4, -0.2) is 27.0 Å². The molecular weight excluding hydrogens is 276 g/mol. The molecule has 0 aliphatic carbocycles. The average molecular weight is 296 g/mol. The van der Waals surface area contributed by atoms with E-state index in [1.165, 1.54) is 5.56 Å². The van der Waals surface area contributed by atoms with Gasteiger partial charge in [-0.25, -0.2) is 9.97 Å². The average Bonchev–Trinajstić information content (AvgIpc) is 2.86. The molecule has 0 aliphatic rings. The van der Waals surface area contributed by atoms with Crippen molar-refractivity contribution >= 4 is 22.8 Å². The molecule has 22 heavy (non-hydrogen) atoms. The van der Waals surface area contributed by atoms with E-state index in [1.54, 1.807) is 0 Å². The standard InChI is InChI=1S/C16H20N6/c1-9-6-5-7-12-14(9)20-13(19-12)8-22(4)15-10(2)11(3)18-16(17)21-15/h5-7H,8H2,1-4H3,(H,19,20)(H2,17,18,21). The Morgan fingerprint density at radius 3 is 2.64 bits per heavy atom. The molecule has 0 saturated carbocycles. The van der Waals surface area contributed by atoms with E-state index in [0.29, 0.717) is 12.5 Å². The van der Waals surface area contributed by atoms with Crippen LogP contribution in [0.25, 0.3) is 11.0 Å². The highest BCUT2D eigenvalue weighted by atomic mass is 15.2. The normalized spacial score (nSPS) is 11.1. The summed E-state index contributed by atoms with van der Waals surface area (Å²) in [7, 11) is 1.98. The molecule has 0 radical (unpaired) electrons. The van der Waals surface area contributed by atoms with E-state index in [-0.39, 0.29) is 0 Å². The number of H-pyrrole nitrogens is 1. The summed E-state index contributed by atoms with van der Waals surface area (Å²) < 4.78 is 0. The number of hydrogen-bond donors (Lipinski definition) is 2. The second-order valence-corrected chi connectivity index (χ2v) is 5.63. The van der Waals surface area contributed by atoms with Gasteiger partial charge in [-0.05, 0) is 32.4 Å². The summed E-state index contributed by atoms with van der Waals surface area (Å²) in [6.07, 6.45) is 0. The Morgan fingerprint density at radius 1 is 1.14 bits per heavy atom. The largest absolute Gasteiger partial charge is 0.368 e. The number of hydrogen-bond acceptors (Lipinski definition) is 5. The first-order valence-electron chi connectivity index (χ1n) is 7.21. The van der Waals surface area contributed by atoms with Crippen LogP contribution in [0.1, 0.15) is 22.6 Å². The van der Waals surface area contributed by atoms with Crippen molar-refractivity contribution < 1.29 is 0 Å². The second kappa shape index (κ2) is 5.29. The van der Waals surface area contributed by atoms with E-state index in [4.69, 9.17) is 5.73 Å². The lowest BCUT2D eigenvalue weighted by atomic mass is 10.2. The number of aryl methyl sites for hydroxylation is 2. The van der Waals surface area contributed by atoms with Crippen LogP contribution in [0, 0.1) is 20.8 Å². The van der Waals surface area contributed by atoms with Gasteiger partial charge in [-0.1, -0.05) is 12.1 Å². The molecule has 0 amide bonds. The molecular formula is C16H20N6. The quantitative estimate of drug-likeness (QED) is 0.776. The van der Waals surface area contributed by atoms with Gasteiger partial charge >= 0.3 is 0 Å². The van der Waals surface area contributed by atoms with Gasteiger partial charge in [-0.2, -0.15) is 4.98 Å². The van der Waals surface area contributed by atoms with Gasteiger partial charge < -0.3 is 15.6 Å². The highest BCUT2D eigenvalue weighted by Gasteiger charge is 2.13. The van der Waals surface area contributed by atoms with Crippen molar-refractivity contribution in [3.8, 4) is 0 Å². The highest BCUT2D eigenvalue weighted by Crippen LogP contribution is 2.22. The third kappa shape index (κ3) is 2.47. The third-order valence-corrected chi connectivity index (χ3v) is 3.89. The molecule has 0 saturated heterocycles. The van der Waals surface area contributed by atoms with Gasteiger partial charge in [0, 0.05) is 18.3 Å². The number of nitrogens with one attached hydrogen (secondary N) is 1. The molecule has 3 aromatic rings. The van der Waals surface area contributed by atoms with Crippen LogP contribution in [0.5, 0.6) is 0 Å². The fourth-order valence-corrected chi connectivity index (χ4v) is 2.61. The molecule has 0 atom stereocenters. The number of fused-ring (bicyclic) bond motifs is 1. The van der Waals surface area contributed by atoms with Crippen LogP contribution in [0.15, 0.2) is 18.2 Å². The van der Waals surface area contributed by atoms with Crippen LogP contribution in [-0.2, 0) is 6.54 Å². The minimum atomic E-state index is 0.297. The van der Waals surface area contributed by atoms with Crippen LogP contribution in [0.2, 0.25) is 0 Å². The zero-order valence-electron chi connectivity index (χ0n) is 13.3. The molecule has 1 aromatic carbocycles. The van der Waals surface area contributed by atoms with E-state index in [0.717, 1.165) is 33.9 Å². The third-order valence-electron chi connectivity index (χ3n) is 3.89. The Morgan fingerprint density at radius 2 is 1.91 bits per heavy atom. The minimum Gasteiger partial charge on any atom is -0.368 e. The molecule has 2 heterocycles. The first-order valence-corrected chi connectivity index (χ1v) is 7.21. The van der Waals surface area contributed by atoms with Crippen molar-refractivity contribution in [2.45, 2.75) is 27.3 Å². The fourth-order valence-electron chi connectivity index (χ4n) is 2.61. The lowest BCUT2D eigenvalue weighted by molar-refractivity contribution is 0.836. The summed E-state index contributed by atoms with van der Waals surface area (Å²) in [5.41, 5.74) is 10.9. The highest BCUT2D eigenvalue weighted by molar-refractivity contribution is 5.78. The van der Waals surface area contributed by atoms with Crippen molar-refractivity contribution in [3.63, 3.8) is 0 Å². The van der Waals surface area contributed by atoms with Gasteiger partial charge in [0.2, 0.25) is 5.95 Å². The maximum atomic E-state index is 5.77. The molecule has 3 N–H and O–H groups in total. The molecule has 6 heteroatoms.